The summed E-state index contributed by atoms with van der Waals surface area (Å²) in [6, 6.07) is 9.55. The molecule has 0 aliphatic rings. The summed E-state index contributed by atoms with van der Waals surface area (Å²) >= 11 is 0. The molecule has 2 N–H and O–H groups in total. The quantitative estimate of drug-likeness (QED) is 0.683. The van der Waals surface area contributed by atoms with Gasteiger partial charge in [0.15, 0.2) is 0 Å². The molecule has 26 heavy (non-hydrogen) atoms. The summed E-state index contributed by atoms with van der Waals surface area (Å²) in [6.45, 7) is 3.04. The van der Waals surface area contributed by atoms with E-state index in [9.17, 15) is 4.79 Å². The number of aromatic nitrogens is 3. The van der Waals surface area contributed by atoms with Gasteiger partial charge in [-0.25, -0.2) is 9.78 Å². The second-order valence-electron chi connectivity index (χ2n) is 6.11. The Labute approximate surface area is 152 Å². The largest absolute Gasteiger partial charge is 0.444 e. The monoisotopic (exact) mass is 353 g/mol. The highest BCUT2D eigenvalue weighted by atomic mass is 16.3. The maximum atomic E-state index is 11.9. The summed E-state index contributed by atoms with van der Waals surface area (Å²) in [4.78, 5) is 16.3. The van der Waals surface area contributed by atoms with Gasteiger partial charge in [-0.05, 0) is 31.0 Å². The van der Waals surface area contributed by atoms with Crippen LogP contribution >= 0.6 is 0 Å². The van der Waals surface area contributed by atoms with Crippen LogP contribution in [0.2, 0.25) is 0 Å². The third-order valence-corrected chi connectivity index (χ3v) is 4.03. The van der Waals surface area contributed by atoms with Crippen LogP contribution in [0.15, 0.2) is 47.2 Å². The Kier molecular flexibility index (Phi) is 5.68. The molecule has 136 valence electrons. The molecule has 0 unspecified atom stereocenters. The average molecular weight is 353 g/mol. The summed E-state index contributed by atoms with van der Waals surface area (Å²) < 4.78 is 7.27. The summed E-state index contributed by atoms with van der Waals surface area (Å²) in [6.07, 6.45) is 4.99. The van der Waals surface area contributed by atoms with Gasteiger partial charge in [0.25, 0.3) is 0 Å². The minimum atomic E-state index is -0.182. The van der Waals surface area contributed by atoms with Gasteiger partial charge in [0.05, 0.1) is 11.4 Å². The van der Waals surface area contributed by atoms with Crippen LogP contribution in [0.1, 0.15) is 17.0 Å². The third-order valence-electron chi connectivity index (χ3n) is 4.03. The molecule has 0 spiro atoms. The number of nitrogens with zero attached hydrogens (tertiary/aromatic N) is 3. The smallest absolute Gasteiger partial charge is 0.314 e. The van der Waals surface area contributed by atoms with E-state index in [-0.39, 0.29) is 6.03 Å². The summed E-state index contributed by atoms with van der Waals surface area (Å²) in [5, 5.41) is 9.98. The molecule has 3 aromatic rings. The van der Waals surface area contributed by atoms with E-state index in [1.165, 1.54) is 0 Å². The second-order valence-corrected chi connectivity index (χ2v) is 6.11. The van der Waals surface area contributed by atoms with Crippen molar-refractivity contribution in [1.29, 1.82) is 0 Å². The lowest BCUT2D eigenvalue weighted by atomic mass is 10.2. The summed E-state index contributed by atoms with van der Waals surface area (Å²) in [5.74, 6) is 0.594. The molecule has 0 saturated heterocycles. The highest BCUT2D eigenvalue weighted by Crippen LogP contribution is 2.17. The van der Waals surface area contributed by atoms with Crippen molar-refractivity contribution in [2.45, 2.75) is 19.8 Å². The maximum Gasteiger partial charge on any atom is 0.314 e. The number of aryl methyl sites for hydroxylation is 2. The number of oxazole rings is 1. The first-order valence-electron chi connectivity index (χ1n) is 8.62. The molecule has 7 heteroatoms. The minimum absolute atomic E-state index is 0.182. The van der Waals surface area contributed by atoms with E-state index >= 15 is 0 Å². The molecular formula is C19H23N5O2. The lowest BCUT2D eigenvalue weighted by Crippen LogP contribution is -2.37. The molecule has 0 fully saturated rings. The molecule has 0 atom stereocenters. The predicted molar refractivity (Wildman–Crippen MR) is 98.7 cm³/mol. The Morgan fingerprint density at radius 2 is 1.88 bits per heavy atom. The normalized spacial score (nSPS) is 10.7. The van der Waals surface area contributed by atoms with Crippen molar-refractivity contribution in [3.8, 4) is 11.5 Å². The first-order valence-corrected chi connectivity index (χ1v) is 8.62. The number of hydrogen-bond acceptors (Lipinski definition) is 4. The topological polar surface area (TPSA) is 85.0 Å². The fourth-order valence-electron chi connectivity index (χ4n) is 2.71. The number of carbonyl (C=O) groups is 1. The zero-order valence-electron chi connectivity index (χ0n) is 15.0. The van der Waals surface area contributed by atoms with Gasteiger partial charge in [0.1, 0.15) is 6.26 Å². The number of carbonyl (C=O) groups excluding carboxylic acids is 1. The molecule has 0 bridgehead atoms. The number of benzene rings is 1. The maximum absolute atomic E-state index is 11.9. The van der Waals surface area contributed by atoms with E-state index < -0.39 is 0 Å². The van der Waals surface area contributed by atoms with Gasteiger partial charge in [0.2, 0.25) is 5.89 Å². The SMILES string of the molecule is Cc1nn(C)cc1CCNC(=O)NCCc1coc(-c2ccccc2)n1. The van der Waals surface area contributed by atoms with Gasteiger partial charge in [-0.2, -0.15) is 5.10 Å². The summed E-state index contributed by atoms with van der Waals surface area (Å²) in [7, 11) is 1.89. The van der Waals surface area contributed by atoms with Crippen molar-refractivity contribution in [2.24, 2.45) is 7.05 Å². The Hall–Kier alpha value is -3.09. The molecule has 7 nitrogen and oxygen atoms in total. The standard InChI is InChI=1S/C19H23N5O2/c1-14-16(12-24(2)23-14)8-10-20-19(25)21-11-9-17-13-26-18(22-17)15-6-4-3-5-7-15/h3-7,12-13H,8-11H2,1-2H3,(H2,20,21,25). The van der Waals surface area contributed by atoms with Crippen LogP contribution in [0.5, 0.6) is 0 Å². The van der Waals surface area contributed by atoms with Gasteiger partial charge in [-0.15, -0.1) is 0 Å². The number of urea groups is 1. The number of hydrogen-bond donors (Lipinski definition) is 2. The Morgan fingerprint density at radius 1 is 1.15 bits per heavy atom. The van der Waals surface area contributed by atoms with Crippen molar-refractivity contribution in [2.75, 3.05) is 13.1 Å². The highest BCUT2D eigenvalue weighted by Gasteiger charge is 2.07. The van der Waals surface area contributed by atoms with Gasteiger partial charge >= 0.3 is 6.03 Å². The molecule has 0 saturated carbocycles. The van der Waals surface area contributed by atoms with E-state index in [0.717, 1.165) is 28.9 Å². The van der Waals surface area contributed by atoms with Crippen molar-refractivity contribution < 1.29 is 9.21 Å². The van der Waals surface area contributed by atoms with Gasteiger partial charge < -0.3 is 15.1 Å². The first-order chi connectivity index (χ1) is 12.6. The first kappa shape index (κ1) is 17.7. The Morgan fingerprint density at radius 3 is 2.58 bits per heavy atom. The number of amides is 2. The van der Waals surface area contributed by atoms with E-state index in [0.29, 0.717) is 25.4 Å². The van der Waals surface area contributed by atoms with E-state index in [1.807, 2.05) is 50.5 Å². The zero-order chi connectivity index (χ0) is 18.4. The minimum Gasteiger partial charge on any atom is -0.444 e. The number of rotatable bonds is 7. The second kappa shape index (κ2) is 8.33. The van der Waals surface area contributed by atoms with Crippen LogP contribution in [0.25, 0.3) is 11.5 Å². The van der Waals surface area contributed by atoms with Gasteiger partial charge in [-0.3, -0.25) is 4.68 Å². The lowest BCUT2D eigenvalue weighted by molar-refractivity contribution is 0.241. The van der Waals surface area contributed by atoms with Crippen molar-refractivity contribution in [1.82, 2.24) is 25.4 Å². The van der Waals surface area contributed by atoms with Crippen LogP contribution in [0.4, 0.5) is 4.79 Å². The van der Waals surface area contributed by atoms with Gasteiger partial charge in [-0.1, -0.05) is 18.2 Å². The Bertz CT molecular complexity index is 854. The fraction of sp³-hybridized carbons (Fsp3) is 0.316. The molecular weight excluding hydrogens is 330 g/mol. The molecule has 2 heterocycles. The molecule has 0 radical (unpaired) electrons. The zero-order valence-corrected chi connectivity index (χ0v) is 15.0. The van der Waals surface area contributed by atoms with Crippen molar-refractivity contribution in [3.05, 3.63) is 59.7 Å². The van der Waals surface area contributed by atoms with Crippen LogP contribution in [-0.4, -0.2) is 33.9 Å². The van der Waals surface area contributed by atoms with E-state index in [1.54, 1.807) is 10.9 Å². The van der Waals surface area contributed by atoms with Crippen LogP contribution in [0.3, 0.4) is 0 Å². The Balaban J connectivity index is 1.37. The van der Waals surface area contributed by atoms with Crippen LogP contribution in [0, 0.1) is 6.92 Å². The molecule has 0 aliphatic carbocycles. The molecule has 3 rings (SSSR count). The third kappa shape index (κ3) is 4.72. The van der Waals surface area contributed by atoms with Crippen LogP contribution < -0.4 is 10.6 Å². The molecule has 2 aromatic heterocycles. The number of nitrogens with one attached hydrogen (secondary N) is 2. The van der Waals surface area contributed by atoms with Crippen molar-refractivity contribution >= 4 is 6.03 Å². The molecule has 2 amide bonds. The van der Waals surface area contributed by atoms with Crippen molar-refractivity contribution in [3.63, 3.8) is 0 Å². The predicted octanol–water partition coefficient (Wildman–Crippen LogP) is 2.47. The van der Waals surface area contributed by atoms with Crippen LogP contribution in [-0.2, 0) is 19.9 Å². The highest BCUT2D eigenvalue weighted by molar-refractivity contribution is 5.73. The van der Waals surface area contributed by atoms with Gasteiger partial charge in [0, 0.05) is 38.3 Å². The fourth-order valence-corrected chi connectivity index (χ4v) is 2.71. The summed E-state index contributed by atoms with van der Waals surface area (Å²) in [5.41, 5.74) is 3.89. The van der Waals surface area contributed by atoms with E-state index in [4.69, 9.17) is 4.42 Å². The molecule has 1 aromatic carbocycles. The average Bonchev–Trinajstić information content (AvgIpc) is 3.22. The lowest BCUT2D eigenvalue weighted by Gasteiger charge is -2.06. The van der Waals surface area contributed by atoms with E-state index in [2.05, 4.69) is 20.7 Å². The molecule has 0 aliphatic heterocycles.